The van der Waals surface area contributed by atoms with E-state index >= 15 is 0 Å². The van der Waals surface area contributed by atoms with Gasteiger partial charge in [-0.1, -0.05) is 24.4 Å². The van der Waals surface area contributed by atoms with Crippen LogP contribution in [0.25, 0.3) is 0 Å². The molecule has 0 unspecified atom stereocenters. The summed E-state index contributed by atoms with van der Waals surface area (Å²) in [6.45, 7) is 4.29. The van der Waals surface area contributed by atoms with E-state index in [0.717, 1.165) is 13.1 Å². The van der Waals surface area contributed by atoms with Gasteiger partial charge in [-0.25, -0.2) is 4.98 Å². The minimum atomic E-state index is 0.208. The van der Waals surface area contributed by atoms with Crippen molar-refractivity contribution in [3.8, 4) is 0 Å². The van der Waals surface area contributed by atoms with Crippen molar-refractivity contribution in [3.63, 3.8) is 0 Å². The van der Waals surface area contributed by atoms with E-state index in [2.05, 4.69) is 20.2 Å². The van der Waals surface area contributed by atoms with Crippen LogP contribution in [-0.4, -0.2) is 41.0 Å². The molecule has 3 N–H and O–H groups in total. The molecule has 1 aromatic heterocycles. The molecule has 0 saturated carbocycles. The molecule has 1 aliphatic rings. The van der Waals surface area contributed by atoms with Gasteiger partial charge in [0.1, 0.15) is 11.0 Å². The van der Waals surface area contributed by atoms with Gasteiger partial charge in [0.25, 0.3) is 0 Å². The summed E-state index contributed by atoms with van der Waals surface area (Å²) < 4.78 is 0. The Labute approximate surface area is 113 Å². The number of aromatic nitrogens is 2. The van der Waals surface area contributed by atoms with Gasteiger partial charge in [-0.05, 0) is 25.9 Å². The number of nitrogens with one attached hydrogen (secondary N) is 1. The number of nitrogens with two attached hydrogens (primary N) is 1. The van der Waals surface area contributed by atoms with E-state index in [9.17, 15) is 0 Å². The molecule has 2 rings (SSSR count). The molecule has 0 amide bonds. The lowest BCUT2D eigenvalue weighted by atomic mass is 10.2. The van der Waals surface area contributed by atoms with E-state index in [-0.39, 0.29) is 5.95 Å². The number of hydrogen-bond donors (Lipinski definition) is 2. The van der Waals surface area contributed by atoms with Gasteiger partial charge in [-0.2, -0.15) is 4.98 Å². The fraction of sp³-hybridized carbons (Fsp3) is 0.667. The van der Waals surface area contributed by atoms with Crippen molar-refractivity contribution in [1.29, 1.82) is 0 Å². The SMILES string of the molecule is Nc1nc(Cl)cc(NCCN2CCCCCC2)n1. The molecule has 1 fully saturated rings. The summed E-state index contributed by atoms with van der Waals surface area (Å²) in [6, 6.07) is 1.69. The molecule has 5 nitrogen and oxygen atoms in total. The zero-order valence-corrected chi connectivity index (χ0v) is 11.3. The zero-order valence-electron chi connectivity index (χ0n) is 10.5. The first-order valence-electron chi connectivity index (χ1n) is 6.50. The number of hydrogen-bond acceptors (Lipinski definition) is 5. The summed E-state index contributed by atoms with van der Waals surface area (Å²) in [5.41, 5.74) is 5.54. The Hall–Kier alpha value is -1.07. The van der Waals surface area contributed by atoms with E-state index < -0.39 is 0 Å². The van der Waals surface area contributed by atoms with Gasteiger partial charge in [-0.15, -0.1) is 0 Å². The fourth-order valence-corrected chi connectivity index (χ4v) is 2.42. The summed E-state index contributed by atoms with van der Waals surface area (Å²) in [6.07, 6.45) is 5.35. The first-order valence-corrected chi connectivity index (χ1v) is 6.88. The van der Waals surface area contributed by atoms with Crippen molar-refractivity contribution in [2.45, 2.75) is 25.7 Å². The fourth-order valence-electron chi connectivity index (χ4n) is 2.23. The van der Waals surface area contributed by atoms with Gasteiger partial charge in [0, 0.05) is 19.2 Å². The minimum Gasteiger partial charge on any atom is -0.369 e. The Balaban J connectivity index is 1.77. The van der Waals surface area contributed by atoms with Gasteiger partial charge >= 0.3 is 0 Å². The molecule has 1 aliphatic heterocycles. The highest BCUT2D eigenvalue weighted by molar-refractivity contribution is 6.29. The second-order valence-corrected chi connectivity index (χ2v) is 5.00. The predicted octanol–water partition coefficient (Wildman–Crippen LogP) is 2.00. The summed E-state index contributed by atoms with van der Waals surface area (Å²) in [5.74, 6) is 0.905. The van der Waals surface area contributed by atoms with Crippen LogP contribution in [0.4, 0.5) is 11.8 Å². The van der Waals surface area contributed by atoms with E-state index in [1.165, 1.54) is 38.8 Å². The van der Waals surface area contributed by atoms with Crippen molar-refractivity contribution in [3.05, 3.63) is 11.2 Å². The quantitative estimate of drug-likeness (QED) is 0.819. The standard InChI is InChI=1S/C12H20ClN5/c13-10-9-11(17-12(14)16-10)15-5-8-18-6-3-1-2-4-7-18/h9H,1-8H2,(H3,14,15,16,17). The smallest absolute Gasteiger partial charge is 0.223 e. The maximum atomic E-state index is 5.82. The number of nitrogens with zero attached hydrogens (tertiary/aromatic N) is 3. The largest absolute Gasteiger partial charge is 0.369 e. The molecule has 1 aromatic rings. The van der Waals surface area contributed by atoms with Crippen molar-refractivity contribution in [2.75, 3.05) is 37.2 Å². The zero-order chi connectivity index (χ0) is 12.8. The molecule has 1 saturated heterocycles. The van der Waals surface area contributed by atoms with E-state index in [1.807, 2.05) is 0 Å². The third-order valence-electron chi connectivity index (χ3n) is 3.15. The van der Waals surface area contributed by atoms with Gasteiger partial charge in [0.05, 0.1) is 0 Å². The van der Waals surface area contributed by atoms with Gasteiger partial charge in [0.2, 0.25) is 5.95 Å². The Bertz CT molecular complexity index is 356. The topological polar surface area (TPSA) is 67.1 Å². The van der Waals surface area contributed by atoms with Crippen LogP contribution in [0, 0.1) is 0 Å². The minimum absolute atomic E-state index is 0.208. The van der Waals surface area contributed by atoms with Crippen LogP contribution < -0.4 is 11.1 Å². The lowest BCUT2D eigenvalue weighted by molar-refractivity contribution is 0.296. The van der Waals surface area contributed by atoms with Gasteiger partial charge in [-0.3, -0.25) is 0 Å². The maximum Gasteiger partial charge on any atom is 0.223 e. The van der Waals surface area contributed by atoms with Crippen LogP contribution in [0.1, 0.15) is 25.7 Å². The molecule has 0 aromatic carbocycles. The number of anilines is 2. The van der Waals surface area contributed by atoms with Crippen LogP contribution in [0.3, 0.4) is 0 Å². The monoisotopic (exact) mass is 269 g/mol. The Morgan fingerprint density at radius 1 is 1.22 bits per heavy atom. The first kappa shape index (κ1) is 13.4. The molecular weight excluding hydrogens is 250 g/mol. The average molecular weight is 270 g/mol. The highest BCUT2D eigenvalue weighted by Gasteiger charge is 2.08. The van der Waals surface area contributed by atoms with Crippen molar-refractivity contribution >= 4 is 23.4 Å². The van der Waals surface area contributed by atoms with Gasteiger partial charge in [0.15, 0.2) is 0 Å². The molecule has 0 bridgehead atoms. The summed E-state index contributed by atoms with van der Waals surface area (Å²) >= 11 is 5.82. The Morgan fingerprint density at radius 2 is 1.94 bits per heavy atom. The average Bonchev–Trinajstić information content (AvgIpc) is 2.56. The molecule has 0 radical (unpaired) electrons. The summed E-state index contributed by atoms with van der Waals surface area (Å²) in [7, 11) is 0. The summed E-state index contributed by atoms with van der Waals surface area (Å²) in [5, 5.41) is 3.61. The number of nitrogen functional groups attached to an aromatic ring is 1. The van der Waals surface area contributed by atoms with Crippen molar-refractivity contribution in [2.24, 2.45) is 0 Å². The highest BCUT2D eigenvalue weighted by atomic mass is 35.5. The maximum absolute atomic E-state index is 5.82. The highest BCUT2D eigenvalue weighted by Crippen LogP contribution is 2.12. The molecule has 0 atom stereocenters. The van der Waals surface area contributed by atoms with Gasteiger partial charge < -0.3 is 16.0 Å². The van der Waals surface area contributed by atoms with Crippen molar-refractivity contribution in [1.82, 2.24) is 14.9 Å². The van der Waals surface area contributed by atoms with E-state index in [4.69, 9.17) is 17.3 Å². The Kier molecular flexibility index (Phi) is 5.01. The third kappa shape index (κ3) is 4.31. The normalized spacial score (nSPS) is 17.4. The van der Waals surface area contributed by atoms with Crippen LogP contribution in [0.2, 0.25) is 5.15 Å². The second-order valence-electron chi connectivity index (χ2n) is 4.62. The number of likely N-dealkylation sites (tertiary alicyclic amines) is 1. The van der Waals surface area contributed by atoms with Crippen LogP contribution in [0.15, 0.2) is 6.07 Å². The lowest BCUT2D eigenvalue weighted by Gasteiger charge is -2.19. The molecule has 2 heterocycles. The van der Waals surface area contributed by atoms with Crippen molar-refractivity contribution < 1.29 is 0 Å². The molecule has 0 spiro atoms. The molecule has 18 heavy (non-hydrogen) atoms. The Morgan fingerprint density at radius 3 is 2.61 bits per heavy atom. The van der Waals surface area contributed by atoms with E-state index in [1.54, 1.807) is 6.07 Å². The molecule has 6 heteroatoms. The number of halogens is 1. The molecular formula is C12H20ClN5. The predicted molar refractivity (Wildman–Crippen MR) is 74.9 cm³/mol. The van der Waals surface area contributed by atoms with Crippen LogP contribution >= 0.6 is 11.6 Å². The molecule has 100 valence electrons. The van der Waals surface area contributed by atoms with Crippen LogP contribution in [-0.2, 0) is 0 Å². The summed E-state index contributed by atoms with van der Waals surface area (Å²) in [4.78, 5) is 10.4. The third-order valence-corrected chi connectivity index (χ3v) is 3.34. The lowest BCUT2D eigenvalue weighted by Crippen LogP contribution is -2.30. The second kappa shape index (κ2) is 6.75. The number of rotatable bonds is 4. The molecule has 0 aliphatic carbocycles. The van der Waals surface area contributed by atoms with Crippen LogP contribution in [0.5, 0.6) is 0 Å². The first-order chi connectivity index (χ1) is 8.74. The van der Waals surface area contributed by atoms with E-state index in [0.29, 0.717) is 11.0 Å².